The standard InChI is InChI=1S/C6H11NO.ClH/c1-4-7-6(8)5(2)3;/h2,4H2,1,3H3,(H,7,8);1H. The zero-order valence-electron chi connectivity index (χ0n) is 5.73. The summed E-state index contributed by atoms with van der Waals surface area (Å²) in [5, 5.41) is 2.61. The normalized spacial score (nSPS) is 7.33. The van der Waals surface area contributed by atoms with E-state index in [1.807, 2.05) is 6.92 Å². The number of likely N-dealkylation sites (N-methyl/N-ethyl adjacent to an activating group) is 1. The molecule has 9 heavy (non-hydrogen) atoms. The summed E-state index contributed by atoms with van der Waals surface area (Å²) in [6.45, 7) is 7.70. The molecule has 0 aliphatic carbocycles. The van der Waals surface area contributed by atoms with Crippen LogP contribution in [0.25, 0.3) is 0 Å². The fourth-order valence-corrected chi connectivity index (χ4v) is 0.311. The molecule has 0 aromatic carbocycles. The van der Waals surface area contributed by atoms with E-state index in [1.165, 1.54) is 0 Å². The third kappa shape index (κ3) is 5.37. The lowest BCUT2D eigenvalue weighted by atomic mass is 10.3. The number of rotatable bonds is 2. The number of carbonyl (C=O) groups excluding carboxylic acids is 1. The largest absolute Gasteiger partial charge is 0.353 e. The molecule has 54 valence electrons. The van der Waals surface area contributed by atoms with Gasteiger partial charge >= 0.3 is 0 Å². The predicted molar refractivity (Wildman–Crippen MR) is 40.7 cm³/mol. The van der Waals surface area contributed by atoms with Gasteiger partial charge in [0.1, 0.15) is 0 Å². The van der Waals surface area contributed by atoms with Gasteiger partial charge in [0, 0.05) is 12.1 Å². The summed E-state index contributed by atoms with van der Waals surface area (Å²) < 4.78 is 0. The molecule has 0 atom stereocenters. The fraction of sp³-hybridized carbons (Fsp3) is 0.500. The van der Waals surface area contributed by atoms with E-state index in [-0.39, 0.29) is 18.3 Å². The molecule has 0 saturated heterocycles. The van der Waals surface area contributed by atoms with Crippen LogP contribution in [0.2, 0.25) is 0 Å². The Morgan fingerprint density at radius 3 is 2.22 bits per heavy atom. The Bertz CT molecular complexity index is 112. The van der Waals surface area contributed by atoms with E-state index >= 15 is 0 Å². The molecule has 0 spiro atoms. The highest BCUT2D eigenvalue weighted by atomic mass is 35.5. The van der Waals surface area contributed by atoms with Gasteiger partial charge in [-0.15, -0.1) is 12.4 Å². The molecule has 0 aromatic heterocycles. The molecule has 0 fully saturated rings. The van der Waals surface area contributed by atoms with Crippen molar-refractivity contribution in [1.82, 2.24) is 5.32 Å². The molecule has 0 saturated carbocycles. The minimum Gasteiger partial charge on any atom is -0.353 e. The Labute approximate surface area is 61.7 Å². The molecule has 0 radical (unpaired) electrons. The summed E-state index contributed by atoms with van der Waals surface area (Å²) in [4.78, 5) is 10.5. The maximum atomic E-state index is 10.5. The van der Waals surface area contributed by atoms with Gasteiger partial charge in [-0.25, -0.2) is 0 Å². The van der Waals surface area contributed by atoms with Crippen molar-refractivity contribution in [2.24, 2.45) is 0 Å². The topological polar surface area (TPSA) is 29.1 Å². The van der Waals surface area contributed by atoms with Crippen LogP contribution in [0.4, 0.5) is 0 Å². The summed E-state index contributed by atoms with van der Waals surface area (Å²) in [7, 11) is 0. The first-order valence-electron chi connectivity index (χ1n) is 2.62. The van der Waals surface area contributed by atoms with Crippen LogP contribution >= 0.6 is 12.4 Å². The highest BCUT2D eigenvalue weighted by molar-refractivity contribution is 5.91. The second-order valence-electron chi connectivity index (χ2n) is 1.64. The van der Waals surface area contributed by atoms with E-state index in [1.54, 1.807) is 6.92 Å². The van der Waals surface area contributed by atoms with Gasteiger partial charge in [-0.05, 0) is 13.8 Å². The molecule has 0 rings (SSSR count). The number of hydrogen-bond acceptors (Lipinski definition) is 1. The SMILES string of the molecule is C=C(C)C(=O)NCC.Cl. The van der Waals surface area contributed by atoms with E-state index in [2.05, 4.69) is 11.9 Å². The van der Waals surface area contributed by atoms with Crippen LogP contribution in [0.15, 0.2) is 12.2 Å². The van der Waals surface area contributed by atoms with Gasteiger partial charge in [-0.1, -0.05) is 6.58 Å². The summed E-state index contributed by atoms with van der Waals surface area (Å²) in [5.41, 5.74) is 0.562. The zero-order valence-corrected chi connectivity index (χ0v) is 6.55. The van der Waals surface area contributed by atoms with E-state index in [9.17, 15) is 4.79 Å². The summed E-state index contributed by atoms with van der Waals surface area (Å²) in [5.74, 6) is -0.0625. The highest BCUT2D eigenvalue weighted by Gasteiger charge is 1.95. The van der Waals surface area contributed by atoms with Gasteiger partial charge in [0.25, 0.3) is 0 Å². The maximum Gasteiger partial charge on any atom is 0.246 e. The third-order valence-electron chi connectivity index (χ3n) is 0.725. The van der Waals surface area contributed by atoms with Crippen molar-refractivity contribution in [1.29, 1.82) is 0 Å². The first-order valence-corrected chi connectivity index (χ1v) is 2.62. The van der Waals surface area contributed by atoms with Gasteiger partial charge in [0.05, 0.1) is 0 Å². The molecule has 0 bridgehead atoms. The smallest absolute Gasteiger partial charge is 0.246 e. The summed E-state index contributed by atoms with van der Waals surface area (Å²) in [6, 6.07) is 0. The van der Waals surface area contributed by atoms with Gasteiger partial charge in [-0.3, -0.25) is 4.79 Å². The lowest BCUT2D eigenvalue weighted by Gasteiger charge is -1.97. The van der Waals surface area contributed by atoms with Crippen LogP contribution in [0.5, 0.6) is 0 Å². The molecular formula is C6H12ClNO. The van der Waals surface area contributed by atoms with Crippen molar-refractivity contribution in [2.75, 3.05) is 6.54 Å². The van der Waals surface area contributed by atoms with Gasteiger partial charge < -0.3 is 5.32 Å². The fourth-order valence-electron chi connectivity index (χ4n) is 0.311. The van der Waals surface area contributed by atoms with Crippen molar-refractivity contribution in [3.05, 3.63) is 12.2 Å². The van der Waals surface area contributed by atoms with Gasteiger partial charge in [0.15, 0.2) is 0 Å². The van der Waals surface area contributed by atoms with Crippen LogP contribution in [0.3, 0.4) is 0 Å². The number of nitrogens with one attached hydrogen (secondary N) is 1. The lowest BCUT2D eigenvalue weighted by molar-refractivity contribution is -0.117. The lowest BCUT2D eigenvalue weighted by Crippen LogP contribution is -2.22. The average Bonchev–Trinajstić information content (AvgIpc) is 1.67. The predicted octanol–water partition coefficient (Wildman–Crippen LogP) is 1.12. The Hall–Kier alpha value is -0.500. The Kier molecular flexibility index (Phi) is 7.08. The van der Waals surface area contributed by atoms with Crippen molar-refractivity contribution in [3.8, 4) is 0 Å². The molecule has 0 aliphatic rings. The van der Waals surface area contributed by atoms with Crippen molar-refractivity contribution < 1.29 is 4.79 Å². The summed E-state index contributed by atoms with van der Waals surface area (Å²) in [6.07, 6.45) is 0. The summed E-state index contributed by atoms with van der Waals surface area (Å²) >= 11 is 0. The second-order valence-corrected chi connectivity index (χ2v) is 1.64. The zero-order chi connectivity index (χ0) is 6.57. The number of halogens is 1. The van der Waals surface area contributed by atoms with Crippen molar-refractivity contribution in [3.63, 3.8) is 0 Å². The number of amides is 1. The molecule has 1 amide bonds. The van der Waals surface area contributed by atoms with Crippen LogP contribution in [-0.4, -0.2) is 12.5 Å². The average molecular weight is 150 g/mol. The second kappa shape index (κ2) is 5.63. The number of hydrogen-bond donors (Lipinski definition) is 1. The quantitative estimate of drug-likeness (QED) is 0.586. The highest BCUT2D eigenvalue weighted by Crippen LogP contribution is 1.82. The van der Waals surface area contributed by atoms with Gasteiger partial charge in [0.2, 0.25) is 5.91 Å². The van der Waals surface area contributed by atoms with E-state index < -0.39 is 0 Å². The minimum atomic E-state index is -0.0625. The Morgan fingerprint density at radius 2 is 2.11 bits per heavy atom. The van der Waals surface area contributed by atoms with E-state index in [0.717, 1.165) is 0 Å². The molecule has 2 nitrogen and oxygen atoms in total. The van der Waals surface area contributed by atoms with E-state index in [0.29, 0.717) is 12.1 Å². The van der Waals surface area contributed by atoms with Gasteiger partial charge in [-0.2, -0.15) is 0 Å². The minimum absolute atomic E-state index is 0. The molecule has 3 heteroatoms. The molecule has 0 unspecified atom stereocenters. The van der Waals surface area contributed by atoms with E-state index in [4.69, 9.17) is 0 Å². The molecule has 0 aliphatic heterocycles. The monoisotopic (exact) mass is 149 g/mol. The maximum absolute atomic E-state index is 10.5. The van der Waals surface area contributed by atoms with Crippen molar-refractivity contribution >= 4 is 18.3 Å². The first-order chi connectivity index (χ1) is 3.68. The van der Waals surface area contributed by atoms with Crippen LogP contribution in [0, 0.1) is 0 Å². The van der Waals surface area contributed by atoms with Crippen molar-refractivity contribution in [2.45, 2.75) is 13.8 Å². The first kappa shape index (κ1) is 11.3. The molecular weight excluding hydrogens is 138 g/mol. The Morgan fingerprint density at radius 1 is 1.67 bits per heavy atom. The van der Waals surface area contributed by atoms with Crippen LogP contribution in [-0.2, 0) is 4.79 Å². The molecule has 0 heterocycles. The molecule has 0 aromatic rings. The molecule has 1 N–H and O–H groups in total. The number of carbonyl (C=O) groups is 1. The third-order valence-corrected chi connectivity index (χ3v) is 0.725. The Balaban J connectivity index is 0. The van der Waals surface area contributed by atoms with Crippen LogP contribution in [0.1, 0.15) is 13.8 Å². The van der Waals surface area contributed by atoms with Crippen LogP contribution < -0.4 is 5.32 Å².